The van der Waals surface area contributed by atoms with E-state index in [1.54, 1.807) is 24.4 Å². The molecule has 1 aromatic carbocycles. The van der Waals surface area contributed by atoms with E-state index in [1.807, 2.05) is 6.92 Å². The third-order valence-corrected chi connectivity index (χ3v) is 3.19. The normalized spacial score (nSPS) is 11.3. The average Bonchev–Trinajstić information content (AvgIpc) is 2.56. The van der Waals surface area contributed by atoms with Crippen LogP contribution in [0.25, 0.3) is 0 Å². The van der Waals surface area contributed by atoms with Crippen molar-refractivity contribution >= 4 is 5.96 Å². The van der Waals surface area contributed by atoms with Crippen molar-refractivity contribution in [1.29, 1.82) is 0 Å². The lowest BCUT2D eigenvalue weighted by Gasteiger charge is -2.11. The van der Waals surface area contributed by atoms with Crippen LogP contribution in [-0.2, 0) is 13.0 Å². The molecule has 0 amide bonds. The zero-order chi connectivity index (χ0) is 16.5. The van der Waals surface area contributed by atoms with E-state index in [9.17, 15) is 8.78 Å². The first-order valence-corrected chi connectivity index (χ1v) is 7.55. The van der Waals surface area contributed by atoms with E-state index in [0.717, 1.165) is 12.0 Å². The van der Waals surface area contributed by atoms with Crippen molar-refractivity contribution in [2.24, 2.45) is 4.99 Å². The van der Waals surface area contributed by atoms with E-state index in [1.165, 1.54) is 18.2 Å². The third kappa shape index (κ3) is 5.65. The minimum Gasteiger partial charge on any atom is -0.357 e. The summed E-state index contributed by atoms with van der Waals surface area (Å²) in [6.45, 7) is 3.46. The van der Waals surface area contributed by atoms with Gasteiger partial charge in [0.05, 0.1) is 12.2 Å². The molecular formula is C17H20F2N4. The lowest BCUT2D eigenvalue weighted by molar-refractivity contribution is 0.599. The smallest absolute Gasteiger partial charge is 0.191 e. The Morgan fingerprint density at radius 2 is 1.91 bits per heavy atom. The Morgan fingerprint density at radius 3 is 2.61 bits per heavy atom. The van der Waals surface area contributed by atoms with Crippen molar-refractivity contribution < 1.29 is 8.78 Å². The zero-order valence-electron chi connectivity index (χ0n) is 13.0. The Balaban J connectivity index is 1.89. The predicted octanol–water partition coefficient (Wildman–Crippen LogP) is 2.66. The van der Waals surface area contributed by atoms with Gasteiger partial charge >= 0.3 is 0 Å². The van der Waals surface area contributed by atoms with Gasteiger partial charge in [-0.25, -0.2) is 13.8 Å². The summed E-state index contributed by atoms with van der Waals surface area (Å²) in [6, 6.07) is 9.31. The summed E-state index contributed by atoms with van der Waals surface area (Å²) in [6.07, 6.45) is 2.28. The fourth-order valence-corrected chi connectivity index (χ4v) is 2.01. The number of hydrogen-bond donors (Lipinski definition) is 2. The lowest BCUT2D eigenvalue weighted by Crippen LogP contribution is -2.38. The first kappa shape index (κ1) is 16.9. The lowest BCUT2D eigenvalue weighted by atomic mass is 10.1. The summed E-state index contributed by atoms with van der Waals surface area (Å²) in [7, 11) is 0. The fourth-order valence-electron chi connectivity index (χ4n) is 2.01. The van der Waals surface area contributed by atoms with Crippen molar-refractivity contribution in [2.75, 3.05) is 13.1 Å². The van der Waals surface area contributed by atoms with Gasteiger partial charge in [-0.2, -0.15) is 0 Å². The molecule has 0 atom stereocenters. The number of aliphatic imine (C=N–C) groups is 1. The summed E-state index contributed by atoms with van der Waals surface area (Å²) in [5, 5.41) is 6.26. The molecule has 0 saturated heterocycles. The van der Waals surface area contributed by atoms with E-state index in [-0.39, 0.29) is 18.2 Å². The van der Waals surface area contributed by atoms with Gasteiger partial charge < -0.3 is 10.6 Å². The molecule has 2 rings (SSSR count). The molecule has 2 aromatic rings. The number of pyridine rings is 1. The van der Waals surface area contributed by atoms with Gasteiger partial charge in [0.2, 0.25) is 0 Å². The van der Waals surface area contributed by atoms with E-state index in [0.29, 0.717) is 24.7 Å². The van der Waals surface area contributed by atoms with Gasteiger partial charge in [0.25, 0.3) is 0 Å². The Kier molecular flexibility index (Phi) is 6.47. The third-order valence-electron chi connectivity index (χ3n) is 3.19. The van der Waals surface area contributed by atoms with Crippen LogP contribution in [0.1, 0.15) is 18.2 Å². The Morgan fingerprint density at radius 1 is 1.13 bits per heavy atom. The van der Waals surface area contributed by atoms with Gasteiger partial charge in [0, 0.05) is 19.3 Å². The molecule has 0 radical (unpaired) electrons. The zero-order valence-corrected chi connectivity index (χ0v) is 13.0. The molecule has 4 nitrogen and oxygen atoms in total. The van der Waals surface area contributed by atoms with E-state index in [2.05, 4.69) is 20.6 Å². The molecule has 23 heavy (non-hydrogen) atoms. The van der Waals surface area contributed by atoms with Crippen LogP contribution in [0, 0.1) is 11.6 Å². The van der Waals surface area contributed by atoms with Gasteiger partial charge in [-0.3, -0.25) is 4.98 Å². The maximum atomic E-state index is 13.5. The number of benzene rings is 1. The number of aromatic nitrogens is 1. The highest BCUT2D eigenvalue weighted by molar-refractivity contribution is 5.79. The van der Waals surface area contributed by atoms with Crippen molar-refractivity contribution in [3.05, 3.63) is 65.5 Å². The van der Waals surface area contributed by atoms with E-state index < -0.39 is 0 Å². The summed E-state index contributed by atoms with van der Waals surface area (Å²) in [5.41, 5.74) is 1.34. The van der Waals surface area contributed by atoms with Gasteiger partial charge in [0.1, 0.15) is 11.6 Å². The van der Waals surface area contributed by atoms with Crippen LogP contribution in [0.2, 0.25) is 0 Å². The van der Waals surface area contributed by atoms with E-state index >= 15 is 0 Å². The highest BCUT2D eigenvalue weighted by atomic mass is 19.1. The van der Waals surface area contributed by atoms with Gasteiger partial charge in [-0.1, -0.05) is 12.1 Å². The van der Waals surface area contributed by atoms with Gasteiger partial charge in [-0.05, 0) is 43.2 Å². The number of guanidine groups is 1. The molecule has 0 aliphatic carbocycles. The molecule has 1 heterocycles. The Hall–Kier alpha value is -2.50. The second-order valence-electron chi connectivity index (χ2n) is 4.93. The van der Waals surface area contributed by atoms with Gasteiger partial charge in [-0.15, -0.1) is 0 Å². The minimum atomic E-state index is -0.363. The van der Waals surface area contributed by atoms with Crippen LogP contribution in [0.3, 0.4) is 0 Å². The van der Waals surface area contributed by atoms with Crippen molar-refractivity contribution in [3.8, 4) is 0 Å². The molecule has 0 aliphatic rings. The fraction of sp³-hybridized carbons (Fsp3) is 0.294. The highest BCUT2D eigenvalue weighted by Gasteiger charge is 2.03. The molecule has 0 spiro atoms. The first-order chi connectivity index (χ1) is 11.2. The quantitative estimate of drug-likeness (QED) is 0.636. The Labute approximate surface area is 134 Å². The number of rotatable bonds is 6. The van der Waals surface area contributed by atoms with Crippen LogP contribution in [0.15, 0.2) is 47.6 Å². The minimum absolute atomic E-state index is 0.165. The molecule has 1 aromatic heterocycles. The van der Waals surface area contributed by atoms with Crippen molar-refractivity contribution in [1.82, 2.24) is 15.6 Å². The molecular weight excluding hydrogens is 298 g/mol. The van der Waals surface area contributed by atoms with Crippen LogP contribution >= 0.6 is 0 Å². The average molecular weight is 318 g/mol. The van der Waals surface area contributed by atoms with Crippen LogP contribution in [0.4, 0.5) is 8.78 Å². The number of halogens is 2. The molecule has 0 unspecified atom stereocenters. The molecule has 0 fully saturated rings. The molecule has 0 bridgehead atoms. The van der Waals surface area contributed by atoms with Crippen molar-refractivity contribution in [2.45, 2.75) is 19.9 Å². The number of nitrogens with zero attached hydrogens (tertiary/aromatic N) is 2. The molecule has 122 valence electrons. The molecule has 6 heteroatoms. The van der Waals surface area contributed by atoms with Crippen LogP contribution < -0.4 is 10.6 Å². The second-order valence-corrected chi connectivity index (χ2v) is 4.93. The standard InChI is InChI=1S/C17H20F2N4/c1-2-20-17(23-12-16-15(19)4-3-10-21-16)22-11-9-13-5-7-14(18)8-6-13/h3-8,10H,2,9,11-12H2,1H3,(H2,20,22,23). The maximum absolute atomic E-state index is 13.5. The van der Waals surface area contributed by atoms with Gasteiger partial charge in [0.15, 0.2) is 5.96 Å². The van der Waals surface area contributed by atoms with E-state index in [4.69, 9.17) is 0 Å². The number of nitrogens with one attached hydrogen (secondary N) is 2. The van der Waals surface area contributed by atoms with Crippen molar-refractivity contribution in [3.63, 3.8) is 0 Å². The predicted molar refractivity (Wildman–Crippen MR) is 87.1 cm³/mol. The summed E-state index contributed by atoms with van der Waals surface area (Å²) in [4.78, 5) is 8.30. The SMILES string of the molecule is CCNC(=NCc1ncccc1F)NCCc1ccc(F)cc1. The molecule has 0 aliphatic heterocycles. The highest BCUT2D eigenvalue weighted by Crippen LogP contribution is 2.04. The van der Waals surface area contributed by atoms with Crippen LogP contribution in [-0.4, -0.2) is 24.0 Å². The first-order valence-electron chi connectivity index (χ1n) is 7.55. The Bertz CT molecular complexity index is 641. The maximum Gasteiger partial charge on any atom is 0.191 e. The molecule has 2 N–H and O–H groups in total. The summed E-state index contributed by atoms with van der Waals surface area (Å²) < 4.78 is 26.4. The largest absolute Gasteiger partial charge is 0.357 e. The van der Waals surface area contributed by atoms with Crippen LogP contribution in [0.5, 0.6) is 0 Å². The summed E-state index contributed by atoms with van der Waals surface area (Å²) >= 11 is 0. The monoisotopic (exact) mass is 318 g/mol. The number of hydrogen-bond acceptors (Lipinski definition) is 2. The summed E-state index contributed by atoms with van der Waals surface area (Å²) in [5.74, 6) is -0.00734. The second kappa shape index (κ2) is 8.82. The molecule has 0 saturated carbocycles. The topological polar surface area (TPSA) is 49.3 Å².